The maximum Gasteiger partial charge on any atom is 0.174 e. The zero-order chi connectivity index (χ0) is 9.22. The monoisotopic (exact) mass is 200 g/mol. The first-order valence-electron chi connectivity index (χ1n) is 4.65. The highest BCUT2D eigenvalue weighted by atomic mass is 32.2. The Balaban J connectivity index is 1.93. The van der Waals surface area contributed by atoms with Crippen LogP contribution in [0.1, 0.15) is 12.8 Å². The minimum Gasteiger partial charge on any atom is -0.369 e. The smallest absolute Gasteiger partial charge is 0.174 e. The Bertz CT molecular complexity index is 359. The summed E-state index contributed by atoms with van der Waals surface area (Å²) in [6.07, 6.45) is 2.51. The summed E-state index contributed by atoms with van der Waals surface area (Å²) in [7, 11) is -3.05. The van der Waals surface area contributed by atoms with Gasteiger partial charge in [0.1, 0.15) is 0 Å². The first-order chi connectivity index (χ1) is 6.13. The molecule has 3 rings (SSSR count). The number of rotatable bonds is 2. The third kappa shape index (κ3) is 0.904. The zero-order valence-electron chi connectivity index (χ0n) is 7.22. The summed E-state index contributed by atoms with van der Waals surface area (Å²) in [5, 5.41) is 0.911. The topological polar surface area (TPSA) is 46.7 Å². The Hall–Kier alpha value is -0.350. The van der Waals surface area contributed by atoms with Crippen molar-refractivity contribution in [3.8, 4) is 0 Å². The summed E-state index contributed by atoms with van der Waals surface area (Å²) in [5.41, 5.74) is 0. The van der Waals surface area contributed by atoms with Gasteiger partial charge < -0.3 is 4.74 Å². The van der Waals surface area contributed by atoms with E-state index in [1.165, 1.54) is 0 Å². The fraction of sp³-hybridized carbons (Fsp3) is 0.778. The van der Waals surface area contributed by atoms with Gasteiger partial charge >= 0.3 is 0 Å². The second-order valence-corrected chi connectivity index (χ2v) is 6.37. The Morgan fingerprint density at radius 3 is 2.62 bits per heavy atom. The van der Waals surface area contributed by atoms with Crippen molar-refractivity contribution in [2.75, 3.05) is 0 Å². The molecular formula is C9H12O3S. The number of ether oxygens (including phenoxy) is 1. The fourth-order valence-electron chi connectivity index (χ4n) is 3.05. The first-order valence-corrected chi connectivity index (χ1v) is 6.26. The van der Waals surface area contributed by atoms with Crippen LogP contribution in [0.4, 0.5) is 0 Å². The van der Waals surface area contributed by atoms with E-state index in [4.69, 9.17) is 4.74 Å². The lowest BCUT2D eigenvalue weighted by Gasteiger charge is -2.16. The minimum absolute atomic E-state index is 0.196. The van der Waals surface area contributed by atoms with Crippen molar-refractivity contribution >= 4 is 9.84 Å². The maximum absolute atomic E-state index is 11.6. The van der Waals surface area contributed by atoms with Crippen molar-refractivity contribution in [1.29, 1.82) is 0 Å². The van der Waals surface area contributed by atoms with Gasteiger partial charge in [0.25, 0.3) is 0 Å². The molecule has 3 nitrogen and oxygen atoms in total. The Labute approximate surface area is 77.7 Å². The van der Waals surface area contributed by atoms with Crippen molar-refractivity contribution < 1.29 is 13.2 Å². The SMILES string of the molecule is C=CS(=O)(=O)[C@H]1C[C@@H]2C[C@H]1[C@H]1O[C@@H]21. The molecule has 0 aromatic rings. The van der Waals surface area contributed by atoms with Gasteiger partial charge in [-0.2, -0.15) is 0 Å². The molecule has 0 aromatic carbocycles. The van der Waals surface area contributed by atoms with Crippen molar-refractivity contribution in [1.82, 2.24) is 0 Å². The standard InChI is InChI=1S/C9H12O3S/c1-2-13(10,11)7-4-5-3-6(7)9-8(5)12-9/h2,5-9H,1,3-4H2/t5-,6+,7-,8-,9+/m0/s1. The quantitative estimate of drug-likeness (QED) is 0.617. The molecule has 3 aliphatic rings. The molecule has 0 aromatic heterocycles. The van der Waals surface area contributed by atoms with E-state index in [0.29, 0.717) is 12.0 Å². The predicted octanol–water partition coefficient (Wildman–Crippen LogP) is 0.721. The van der Waals surface area contributed by atoms with Gasteiger partial charge in [-0.25, -0.2) is 8.42 Å². The molecule has 0 amide bonds. The molecule has 0 radical (unpaired) electrons. The lowest BCUT2D eigenvalue weighted by atomic mass is 10.0. The third-order valence-electron chi connectivity index (χ3n) is 3.69. The Kier molecular flexibility index (Phi) is 1.34. The minimum atomic E-state index is -3.05. The normalized spacial score (nSPS) is 51.8. The molecule has 2 bridgehead atoms. The molecule has 1 saturated heterocycles. The predicted molar refractivity (Wildman–Crippen MR) is 47.8 cm³/mol. The molecule has 2 aliphatic carbocycles. The molecule has 3 fully saturated rings. The zero-order valence-corrected chi connectivity index (χ0v) is 8.03. The largest absolute Gasteiger partial charge is 0.369 e. The van der Waals surface area contributed by atoms with Crippen LogP contribution in [0.2, 0.25) is 0 Å². The van der Waals surface area contributed by atoms with E-state index in [1.54, 1.807) is 0 Å². The molecule has 13 heavy (non-hydrogen) atoms. The molecular weight excluding hydrogens is 188 g/mol. The molecule has 0 unspecified atom stereocenters. The van der Waals surface area contributed by atoms with Crippen LogP contribution in [0.15, 0.2) is 12.0 Å². The second kappa shape index (κ2) is 2.17. The summed E-state index contributed by atoms with van der Waals surface area (Å²) in [6.45, 7) is 3.37. The molecule has 0 spiro atoms. The van der Waals surface area contributed by atoms with Crippen molar-refractivity contribution in [3.63, 3.8) is 0 Å². The van der Waals surface area contributed by atoms with E-state index in [0.717, 1.165) is 18.2 Å². The van der Waals surface area contributed by atoms with E-state index < -0.39 is 9.84 Å². The number of hydrogen-bond donors (Lipinski definition) is 0. The van der Waals surface area contributed by atoms with E-state index >= 15 is 0 Å². The lowest BCUT2D eigenvalue weighted by Crippen LogP contribution is -2.29. The first kappa shape index (κ1) is 8.00. The highest BCUT2D eigenvalue weighted by Gasteiger charge is 2.65. The Morgan fingerprint density at radius 2 is 2.08 bits per heavy atom. The van der Waals surface area contributed by atoms with Crippen LogP contribution in [0.5, 0.6) is 0 Å². The van der Waals surface area contributed by atoms with Crippen LogP contribution < -0.4 is 0 Å². The molecule has 2 saturated carbocycles. The van der Waals surface area contributed by atoms with E-state index in [2.05, 4.69) is 6.58 Å². The molecule has 1 aliphatic heterocycles. The molecule has 1 heterocycles. The van der Waals surface area contributed by atoms with Gasteiger partial charge in [-0.1, -0.05) is 6.58 Å². The molecule has 0 N–H and O–H groups in total. The van der Waals surface area contributed by atoms with E-state index in [1.807, 2.05) is 0 Å². The molecule has 4 heteroatoms. The highest BCUT2D eigenvalue weighted by Crippen LogP contribution is 2.58. The van der Waals surface area contributed by atoms with Crippen LogP contribution in [-0.4, -0.2) is 25.9 Å². The van der Waals surface area contributed by atoms with Gasteiger partial charge in [0.2, 0.25) is 0 Å². The second-order valence-electron chi connectivity index (χ2n) is 4.25. The van der Waals surface area contributed by atoms with Crippen LogP contribution in [-0.2, 0) is 14.6 Å². The van der Waals surface area contributed by atoms with Gasteiger partial charge in [-0.3, -0.25) is 0 Å². The van der Waals surface area contributed by atoms with Crippen molar-refractivity contribution in [3.05, 3.63) is 12.0 Å². The van der Waals surface area contributed by atoms with Crippen molar-refractivity contribution in [2.24, 2.45) is 11.8 Å². The molecule has 72 valence electrons. The summed E-state index contributed by atoms with van der Waals surface area (Å²) in [6, 6.07) is 0. The number of fused-ring (bicyclic) bond motifs is 5. The number of sulfone groups is 1. The van der Waals surface area contributed by atoms with E-state index in [-0.39, 0.29) is 17.3 Å². The highest BCUT2D eigenvalue weighted by molar-refractivity contribution is 7.94. The van der Waals surface area contributed by atoms with E-state index in [9.17, 15) is 8.42 Å². The lowest BCUT2D eigenvalue weighted by molar-refractivity contribution is 0.264. The van der Waals surface area contributed by atoms with Gasteiger partial charge in [0.05, 0.1) is 17.5 Å². The van der Waals surface area contributed by atoms with Crippen LogP contribution in [0.25, 0.3) is 0 Å². The number of hydrogen-bond acceptors (Lipinski definition) is 3. The van der Waals surface area contributed by atoms with Crippen molar-refractivity contribution in [2.45, 2.75) is 30.3 Å². The van der Waals surface area contributed by atoms with Gasteiger partial charge in [0, 0.05) is 11.3 Å². The summed E-state index contributed by atoms with van der Waals surface area (Å²) < 4.78 is 28.6. The number of epoxide rings is 1. The third-order valence-corrected chi connectivity index (χ3v) is 5.54. The summed E-state index contributed by atoms with van der Waals surface area (Å²) in [5.74, 6) is 0.771. The average Bonchev–Trinajstić information content (AvgIpc) is 2.71. The maximum atomic E-state index is 11.6. The van der Waals surface area contributed by atoms with Gasteiger partial charge in [-0.15, -0.1) is 0 Å². The van der Waals surface area contributed by atoms with Crippen LogP contribution in [0.3, 0.4) is 0 Å². The fourth-order valence-corrected chi connectivity index (χ4v) is 4.56. The molecule has 5 atom stereocenters. The Morgan fingerprint density at radius 1 is 1.31 bits per heavy atom. The van der Waals surface area contributed by atoms with Crippen LogP contribution in [0, 0.1) is 11.8 Å². The summed E-state index contributed by atoms with van der Waals surface area (Å²) in [4.78, 5) is 0. The van der Waals surface area contributed by atoms with Gasteiger partial charge in [-0.05, 0) is 18.8 Å². The van der Waals surface area contributed by atoms with Gasteiger partial charge in [0.15, 0.2) is 9.84 Å². The van der Waals surface area contributed by atoms with Crippen LogP contribution >= 0.6 is 0 Å². The summed E-state index contributed by atoms with van der Waals surface area (Å²) >= 11 is 0. The average molecular weight is 200 g/mol.